The van der Waals surface area contributed by atoms with Crippen LogP contribution in [0.1, 0.15) is 0 Å². The molecule has 49 heavy (non-hydrogen) atoms. The Hall–Kier alpha value is -6.65. The number of oxazole rings is 1. The maximum atomic E-state index is 6.76. The van der Waals surface area contributed by atoms with Gasteiger partial charge in [-0.1, -0.05) is 121 Å². The second-order valence-electron chi connectivity index (χ2n) is 12.4. The molecule has 0 N–H and O–H groups in total. The Morgan fingerprint density at radius 3 is 1.82 bits per heavy atom. The van der Waals surface area contributed by atoms with Gasteiger partial charge in [0, 0.05) is 27.7 Å². The van der Waals surface area contributed by atoms with Crippen LogP contribution in [0.2, 0.25) is 0 Å². The largest absolute Gasteiger partial charge is 0.454 e. The van der Waals surface area contributed by atoms with E-state index in [9.17, 15) is 0 Å². The minimum Gasteiger partial charge on any atom is -0.454 e. The van der Waals surface area contributed by atoms with E-state index in [4.69, 9.17) is 13.8 Å². The summed E-state index contributed by atoms with van der Waals surface area (Å²) in [5.74, 6) is 0.567. The summed E-state index contributed by atoms with van der Waals surface area (Å²) in [7, 11) is 0. The SMILES string of the molecule is c1ccc(-c2ccc(N(c3ccc4ccc5ccccc5c4c3)c3c4nc(-c5ccccc5)oc4cc4c3oc3ccccc34)cc2)cc1. The van der Waals surface area contributed by atoms with Crippen LogP contribution >= 0.6 is 0 Å². The van der Waals surface area contributed by atoms with Crippen LogP contribution in [0.25, 0.3) is 77.2 Å². The molecule has 0 atom stereocenters. The zero-order valence-electron chi connectivity index (χ0n) is 26.4. The van der Waals surface area contributed by atoms with Gasteiger partial charge in [0.25, 0.3) is 0 Å². The highest BCUT2D eigenvalue weighted by molar-refractivity contribution is 6.18. The predicted molar refractivity (Wildman–Crippen MR) is 202 cm³/mol. The Labute approximate surface area is 282 Å². The molecule has 0 aliphatic carbocycles. The van der Waals surface area contributed by atoms with E-state index in [1.165, 1.54) is 27.1 Å². The van der Waals surface area contributed by atoms with Crippen molar-refractivity contribution in [1.82, 2.24) is 4.98 Å². The molecule has 0 saturated heterocycles. The van der Waals surface area contributed by atoms with E-state index in [-0.39, 0.29) is 0 Å². The standard InChI is InChI=1S/C45H28N2O2/c1-3-11-29(12-4-1)30-21-24-34(25-22-30)47(35-26-23-32-20-19-31-13-7-8-16-36(31)38(32)27-35)43-42-41(49-45(46-42)33-14-5-2-6-15-33)28-39-37-17-9-10-18-40(37)48-44(39)43/h1-28H. The lowest BCUT2D eigenvalue weighted by Crippen LogP contribution is -2.11. The molecule has 0 radical (unpaired) electrons. The maximum Gasteiger partial charge on any atom is 0.227 e. The first-order chi connectivity index (χ1) is 24.3. The molecule has 2 heterocycles. The molecule has 4 heteroatoms. The number of hydrogen-bond acceptors (Lipinski definition) is 4. The number of furan rings is 1. The first-order valence-corrected chi connectivity index (χ1v) is 16.5. The number of nitrogens with zero attached hydrogens (tertiary/aromatic N) is 2. The first-order valence-electron chi connectivity index (χ1n) is 16.5. The Kier molecular flexibility index (Phi) is 6.15. The number of anilines is 3. The zero-order valence-corrected chi connectivity index (χ0v) is 26.4. The van der Waals surface area contributed by atoms with Gasteiger partial charge in [-0.15, -0.1) is 0 Å². The van der Waals surface area contributed by atoms with E-state index in [0.717, 1.165) is 55.6 Å². The molecular formula is C45H28N2O2. The van der Waals surface area contributed by atoms with Crippen molar-refractivity contribution in [3.05, 3.63) is 170 Å². The van der Waals surface area contributed by atoms with E-state index in [0.29, 0.717) is 11.5 Å². The van der Waals surface area contributed by atoms with E-state index < -0.39 is 0 Å². The van der Waals surface area contributed by atoms with Gasteiger partial charge in [-0.3, -0.25) is 0 Å². The molecule has 0 fully saturated rings. The molecule has 2 aromatic heterocycles. The fourth-order valence-electron chi connectivity index (χ4n) is 7.10. The molecule has 0 aliphatic rings. The lowest BCUT2D eigenvalue weighted by molar-refractivity contribution is 0.620. The van der Waals surface area contributed by atoms with Gasteiger partial charge >= 0.3 is 0 Å². The number of hydrogen-bond donors (Lipinski definition) is 0. The van der Waals surface area contributed by atoms with Crippen molar-refractivity contribution >= 4 is 71.6 Å². The molecule has 0 bridgehead atoms. The molecule has 0 spiro atoms. The quantitative estimate of drug-likeness (QED) is 0.178. The summed E-state index contributed by atoms with van der Waals surface area (Å²) in [5.41, 5.74) is 9.06. The van der Waals surface area contributed by atoms with Crippen molar-refractivity contribution in [1.29, 1.82) is 0 Å². The highest BCUT2D eigenvalue weighted by atomic mass is 16.4. The minimum absolute atomic E-state index is 0.567. The normalized spacial score (nSPS) is 11.7. The van der Waals surface area contributed by atoms with E-state index in [1.807, 2.05) is 54.6 Å². The van der Waals surface area contributed by atoms with Crippen LogP contribution in [0.3, 0.4) is 0 Å². The summed E-state index contributed by atoms with van der Waals surface area (Å²) < 4.78 is 13.3. The Bertz CT molecular complexity index is 2820. The van der Waals surface area contributed by atoms with Crippen LogP contribution in [0, 0.1) is 0 Å². The monoisotopic (exact) mass is 628 g/mol. The summed E-state index contributed by atoms with van der Waals surface area (Å²) in [5, 5.41) is 6.78. The molecule has 0 saturated carbocycles. The molecule has 10 rings (SSSR count). The fraction of sp³-hybridized carbons (Fsp3) is 0. The third-order valence-corrected chi connectivity index (χ3v) is 9.47. The fourth-order valence-corrected chi connectivity index (χ4v) is 7.10. The molecule has 230 valence electrons. The summed E-state index contributed by atoms with van der Waals surface area (Å²) in [6, 6.07) is 59.1. The Balaban J connectivity index is 1.30. The van der Waals surface area contributed by atoms with Gasteiger partial charge < -0.3 is 13.7 Å². The van der Waals surface area contributed by atoms with Crippen LogP contribution in [-0.4, -0.2) is 4.98 Å². The van der Waals surface area contributed by atoms with Crippen molar-refractivity contribution < 1.29 is 8.83 Å². The summed E-state index contributed by atoms with van der Waals surface area (Å²) >= 11 is 0. The minimum atomic E-state index is 0.567. The van der Waals surface area contributed by atoms with Crippen molar-refractivity contribution in [3.63, 3.8) is 0 Å². The Morgan fingerprint density at radius 1 is 0.408 bits per heavy atom. The molecule has 0 amide bonds. The summed E-state index contributed by atoms with van der Waals surface area (Å²) in [4.78, 5) is 7.46. The van der Waals surface area contributed by atoms with Crippen LogP contribution in [0.5, 0.6) is 0 Å². The van der Waals surface area contributed by atoms with Gasteiger partial charge in [-0.25, -0.2) is 4.98 Å². The van der Waals surface area contributed by atoms with Crippen LogP contribution in [0.4, 0.5) is 17.1 Å². The third kappa shape index (κ3) is 4.49. The highest BCUT2D eigenvalue weighted by Crippen LogP contribution is 2.48. The average molecular weight is 629 g/mol. The van der Waals surface area contributed by atoms with Crippen LogP contribution < -0.4 is 4.90 Å². The van der Waals surface area contributed by atoms with Crippen LogP contribution in [-0.2, 0) is 0 Å². The molecule has 10 aromatic rings. The number of fused-ring (bicyclic) bond motifs is 7. The van der Waals surface area contributed by atoms with E-state index in [1.54, 1.807) is 0 Å². The molecular weight excluding hydrogens is 601 g/mol. The highest BCUT2D eigenvalue weighted by Gasteiger charge is 2.26. The molecule has 0 unspecified atom stereocenters. The topological polar surface area (TPSA) is 42.4 Å². The molecule has 8 aromatic carbocycles. The van der Waals surface area contributed by atoms with Gasteiger partial charge in [-0.2, -0.15) is 0 Å². The lowest BCUT2D eigenvalue weighted by atomic mass is 10.0. The predicted octanol–water partition coefficient (Wildman–Crippen LogP) is 12.8. The van der Waals surface area contributed by atoms with Crippen molar-refractivity contribution in [3.8, 4) is 22.6 Å². The zero-order chi connectivity index (χ0) is 32.3. The van der Waals surface area contributed by atoms with Crippen molar-refractivity contribution in [2.24, 2.45) is 0 Å². The van der Waals surface area contributed by atoms with Crippen molar-refractivity contribution in [2.45, 2.75) is 0 Å². The van der Waals surface area contributed by atoms with Gasteiger partial charge in [0.15, 0.2) is 11.2 Å². The van der Waals surface area contributed by atoms with Gasteiger partial charge in [0.05, 0.1) is 0 Å². The smallest absolute Gasteiger partial charge is 0.227 e. The third-order valence-electron chi connectivity index (χ3n) is 9.47. The number of rotatable bonds is 5. The number of aromatic nitrogens is 1. The maximum absolute atomic E-state index is 6.76. The van der Waals surface area contributed by atoms with Crippen LogP contribution in [0.15, 0.2) is 179 Å². The van der Waals surface area contributed by atoms with Gasteiger partial charge in [0.2, 0.25) is 5.89 Å². The molecule has 0 aliphatic heterocycles. The van der Waals surface area contributed by atoms with E-state index >= 15 is 0 Å². The second kappa shape index (κ2) is 11.0. The second-order valence-corrected chi connectivity index (χ2v) is 12.4. The Morgan fingerprint density at radius 2 is 1.02 bits per heavy atom. The average Bonchev–Trinajstić information content (AvgIpc) is 3.77. The van der Waals surface area contributed by atoms with Crippen molar-refractivity contribution in [2.75, 3.05) is 4.90 Å². The first kappa shape index (κ1) is 27.5. The van der Waals surface area contributed by atoms with Gasteiger partial charge in [-0.05, 0) is 81.2 Å². The number of para-hydroxylation sites is 1. The molecule has 4 nitrogen and oxygen atoms in total. The lowest BCUT2D eigenvalue weighted by Gasteiger charge is -2.26. The summed E-state index contributed by atoms with van der Waals surface area (Å²) in [6.45, 7) is 0. The summed E-state index contributed by atoms with van der Waals surface area (Å²) in [6.07, 6.45) is 0. The van der Waals surface area contributed by atoms with Gasteiger partial charge in [0.1, 0.15) is 16.8 Å². The van der Waals surface area contributed by atoms with E-state index in [2.05, 4.69) is 120 Å². The number of benzene rings is 8.